The summed E-state index contributed by atoms with van der Waals surface area (Å²) in [5, 5.41) is 2.79. The Balaban J connectivity index is 3.45. The summed E-state index contributed by atoms with van der Waals surface area (Å²) in [6, 6.07) is 0.207. The zero-order valence-electron chi connectivity index (χ0n) is 7.93. The van der Waals surface area contributed by atoms with Crippen LogP contribution in [0.25, 0.3) is 0 Å². The summed E-state index contributed by atoms with van der Waals surface area (Å²) in [4.78, 5) is 12.9. The van der Waals surface area contributed by atoms with Crippen LogP contribution in [0.3, 0.4) is 0 Å². The second-order valence-corrected chi connectivity index (χ2v) is 3.46. The van der Waals surface area contributed by atoms with Gasteiger partial charge >= 0.3 is 0 Å². The van der Waals surface area contributed by atoms with Gasteiger partial charge in [-0.1, -0.05) is 0 Å². The molecule has 12 heavy (non-hydrogen) atoms. The van der Waals surface area contributed by atoms with Gasteiger partial charge in [0.2, 0.25) is 5.91 Å². The quantitative estimate of drug-likeness (QED) is 0.650. The number of rotatable bonds is 5. The summed E-state index contributed by atoms with van der Waals surface area (Å²) < 4.78 is 0. The van der Waals surface area contributed by atoms with E-state index in [1.54, 1.807) is 0 Å². The van der Waals surface area contributed by atoms with E-state index in [1.165, 1.54) is 0 Å². The molecule has 0 aromatic carbocycles. The predicted molar refractivity (Wildman–Crippen MR) is 51.5 cm³/mol. The molecule has 0 rings (SSSR count). The number of carbonyl (C=O) groups excluding carboxylic acids is 1. The van der Waals surface area contributed by atoms with Crippen LogP contribution < -0.4 is 5.32 Å². The Morgan fingerprint density at radius 1 is 1.58 bits per heavy atom. The van der Waals surface area contributed by atoms with E-state index in [9.17, 15) is 4.79 Å². The first kappa shape index (κ1) is 11.7. The van der Waals surface area contributed by atoms with E-state index in [0.29, 0.717) is 0 Å². The van der Waals surface area contributed by atoms with Gasteiger partial charge in [-0.3, -0.25) is 4.79 Å². The Morgan fingerprint density at radius 3 is 2.58 bits per heavy atom. The summed E-state index contributed by atoms with van der Waals surface area (Å²) >= 11 is 5.34. The second-order valence-electron chi connectivity index (χ2n) is 3.19. The summed E-state index contributed by atoms with van der Waals surface area (Å²) in [5.41, 5.74) is 0. The lowest BCUT2D eigenvalue weighted by Gasteiger charge is -2.15. The van der Waals surface area contributed by atoms with Crippen LogP contribution in [0.2, 0.25) is 0 Å². The Hall–Kier alpha value is -0.280. The highest BCUT2D eigenvalue weighted by molar-refractivity contribution is 6.27. The second kappa shape index (κ2) is 6.26. The van der Waals surface area contributed by atoms with Crippen LogP contribution in [-0.2, 0) is 4.79 Å². The van der Waals surface area contributed by atoms with Crippen LogP contribution >= 0.6 is 11.6 Å². The lowest BCUT2D eigenvalue weighted by atomic mass is 10.2. The number of carbonyl (C=O) groups is 1. The van der Waals surface area contributed by atoms with Crippen LogP contribution in [0.5, 0.6) is 0 Å². The molecule has 1 atom stereocenters. The summed E-state index contributed by atoms with van der Waals surface area (Å²) in [7, 11) is 4.02. The largest absolute Gasteiger partial charge is 0.353 e. The highest BCUT2D eigenvalue weighted by atomic mass is 35.5. The molecule has 1 N–H and O–H groups in total. The first-order valence-electron chi connectivity index (χ1n) is 4.06. The van der Waals surface area contributed by atoms with Crippen molar-refractivity contribution in [3.63, 3.8) is 0 Å². The van der Waals surface area contributed by atoms with E-state index in [-0.39, 0.29) is 17.8 Å². The maximum absolute atomic E-state index is 10.8. The molecule has 0 aromatic rings. The Labute approximate surface area is 79.1 Å². The number of nitrogens with zero attached hydrogens (tertiary/aromatic N) is 1. The van der Waals surface area contributed by atoms with E-state index in [1.807, 2.05) is 21.0 Å². The van der Waals surface area contributed by atoms with Crippen molar-refractivity contribution in [1.82, 2.24) is 10.2 Å². The van der Waals surface area contributed by atoms with E-state index in [2.05, 4.69) is 10.2 Å². The van der Waals surface area contributed by atoms with Crippen molar-refractivity contribution >= 4 is 17.5 Å². The van der Waals surface area contributed by atoms with Crippen LogP contribution in [0.4, 0.5) is 0 Å². The summed E-state index contributed by atoms with van der Waals surface area (Å²) in [5.74, 6) is -0.0466. The molecule has 0 saturated heterocycles. The van der Waals surface area contributed by atoms with Crippen molar-refractivity contribution in [2.45, 2.75) is 19.4 Å². The standard InChI is InChI=1S/C8H17ClN2O/c1-7(4-5-11(2)3)10-8(12)6-9/h7H,4-6H2,1-3H3,(H,10,12). The maximum atomic E-state index is 10.8. The normalized spacial score (nSPS) is 13.1. The van der Waals surface area contributed by atoms with Crippen molar-refractivity contribution in [2.24, 2.45) is 0 Å². The molecule has 0 heterocycles. The molecule has 0 aliphatic carbocycles. The highest BCUT2D eigenvalue weighted by Crippen LogP contribution is 1.92. The van der Waals surface area contributed by atoms with Crippen molar-refractivity contribution in [1.29, 1.82) is 0 Å². The van der Waals surface area contributed by atoms with E-state index in [4.69, 9.17) is 11.6 Å². The fourth-order valence-corrected chi connectivity index (χ4v) is 0.915. The first-order valence-corrected chi connectivity index (χ1v) is 4.59. The van der Waals surface area contributed by atoms with Gasteiger partial charge in [0.1, 0.15) is 5.88 Å². The van der Waals surface area contributed by atoms with Gasteiger partial charge in [-0.15, -0.1) is 11.6 Å². The number of amides is 1. The maximum Gasteiger partial charge on any atom is 0.235 e. The van der Waals surface area contributed by atoms with E-state index in [0.717, 1.165) is 13.0 Å². The number of hydrogen-bond donors (Lipinski definition) is 1. The molecule has 0 radical (unpaired) electrons. The molecule has 0 aliphatic rings. The molecule has 72 valence electrons. The molecule has 0 bridgehead atoms. The minimum atomic E-state index is -0.0945. The molecular formula is C8H17ClN2O. The van der Waals surface area contributed by atoms with Gasteiger partial charge in [0, 0.05) is 6.04 Å². The summed E-state index contributed by atoms with van der Waals surface area (Å²) in [6.07, 6.45) is 0.954. The number of nitrogens with one attached hydrogen (secondary N) is 1. The number of hydrogen-bond acceptors (Lipinski definition) is 2. The van der Waals surface area contributed by atoms with Crippen molar-refractivity contribution in [2.75, 3.05) is 26.5 Å². The van der Waals surface area contributed by atoms with Gasteiger partial charge in [-0.05, 0) is 34.0 Å². The topological polar surface area (TPSA) is 32.3 Å². The minimum Gasteiger partial charge on any atom is -0.353 e. The third kappa shape index (κ3) is 6.43. The molecule has 0 aromatic heterocycles. The Kier molecular flexibility index (Phi) is 6.11. The predicted octanol–water partition coefficient (Wildman–Crippen LogP) is 0.682. The van der Waals surface area contributed by atoms with Crippen LogP contribution in [-0.4, -0.2) is 43.4 Å². The van der Waals surface area contributed by atoms with Crippen molar-refractivity contribution in [3.05, 3.63) is 0 Å². The number of halogens is 1. The van der Waals surface area contributed by atoms with Gasteiger partial charge < -0.3 is 10.2 Å². The highest BCUT2D eigenvalue weighted by Gasteiger charge is 2.05. The van der Waals surface area contributed by atoms with Crippen molar-refractivity contribution in [3.8, 4) is 0 Å². The minimum absolute atomic E-state index is 0.0479. The third-order valence-electron chi connectivity index (χ3n) is 1.54. The van der Waals surface area contributed by atoms with Crippen molar-refractivity contribution < 1.29 is 4.79 Å². The smallest absolute Gasteiger partial charge is 0.235 e. The van der Waals surface area contributed by atoms with Crippen LogP contribution in [0, 0.1) is 0 Å². The van der Waals surface area contributed by atoms with Gasteiger partial charge in [0.05, 0.1) is 0 Å². The molecule has 1 amide bonds. The molecule has 3 nitrogen and oxygen atoms in total. The molecule has 4 heteroatoms. The van der Waals surface area contributed by atoms with E-state index >= 15 is 0 Å². The molecular weight excluding hydrogens is 176 g/mol. The monoisotopic (exact) mass is 192 g/mol. The van der Waals surface area contributed by atoms with Gasteiger partial charge in [0.25, 0.3) is 0 Å². The average Bonchev–Trinajstić information content (AvgIpc) is 2.00. The fraction of sp³-hybridized carbons (Fsp3) is 0.875. The molecule has 0 aliphatic heterocycles. The average molecular weight is 193 g/mol. The zero-order valence-corrected chi connectivity index (χ0v) is 8.69. The van der Waals surface area contributed by atoms with Gasteiger partial charge in [0.15, 0.2) is 0 Å². The lowest BCUT2D eigenvalue weighted by Crippen LogP contribution is -2.35. The SMILES string of the molecule is CC(CCN(C)C)NC(=O)CCl. The zero-order chi connectivity index (χ0) is 9.56. The van der Waals surface area contributed by atoms with Crippen LogP contribution in [0.1, 0.15) is 13.3 Å². The third-order valence-corrected chi connectivity index (χ3v) is 1.78. The lowest BCUT2D eigenvalue weighted by molar-refractivity contribution is -0.119. The Bertz CT molecular complexity index is 139. The van der Waals surface area contributed by atoms with Crippen LogP contribution in [0.15, 0.2) is 0 Å². The Morgan fingerprint density at radius 2 is 2.17 bits per heavy atom. The molecule has 0 fully saturated rings. The van der Waals surface area contributed by atoms with Gasteiger partial charge in [-0.2, -0.15) is 0 Å². The summed E-state index contributed by atoms with van der Waals surface area (Å²) in [6.45, 7) is 2.96. The number of alkyl halides is 1. The first-order chi connectivity index (χ1) is 5.56. The van der Waals surface area contributed by atoms with Gasteiger partial charge in [-0.25, -0.2) is 0 Å². The molecule has 0 saturated carbocycles. The van der Waals surface area contributed by atoms with E-state index < -0.39 is 0 Å². The molecule has 0 spiro atoms. The molecule has 1 unspecified atom stereocenters. The fourth-order valence-electron chi connectivity index (χ4n) is 0.837.